The van der Waals surface area contributed by atoms with E-state index >= 15 is 0 Å². The zero-order valence-electron chi connectivity index (χ0n) is 15.2. The Bertz CT molecular complexity index is 947. The van der Waals surface area contributed by atoms with Crippen LogP contribution in [0.3, 0.4) is 0 Å². The Morgan fingerprint density at radius 1 is 0.357 bits per heavy atom. The first kappa shape index (κ1) is 17.9. The molecule has 3 N–H and O–H groups in total. The predicted molar refractivity (Wildman–Crippen MR) is 115 cm³/mol. The first-order valence-electron chi connectivity index (χ1n) is 9.05. The molecule has 0 bridgehead atoms. The number of hydrogen-bond donors (Lipinski definition) is 3. The van der Waals surface area contributed by atoms with Gasteiger partial charge in [-0.15, -0.1) is 0 Å². The second kappa shape index (κ2) is 7.25. The van der Waals surface area contributed by atoms with Gasteiger partial charge in [-0.25, -0.2) is 0 Å². The van der Waals surface area contributed by atoms with Crippen molar-refractivity contribution in [3.05, 3.63) is 103 Å². The van der Waals surface area contributed by atoms with Crippen LogP contribution >= 0.6 is 0 Å². The number of phenols is 3. The Morgan fingerprint density at radius 2 is 0.643 bits per heavy atom. The largest absolute Gasteiger partial charge is 0.508 e. The summed E-state index contributed by atoms with van der Waals surface area (Å²) >= 11 is 0. The van der Waals surface area contributed by atoms with Gasteiger partial charge in [0, 0.05) is 0 Å². The van der Waals surface area contributed by atoms with Crippen LogP contribution in [0.25, 0.3) is 0 Å². The van der Waals surface area contributed by atoms with Crippen molar-refractivity contribution in [1.82, 2.24) is 0 Å². The highest BCUT2D eigenvalue weighted by atomic mass is 28.3. The van der Waals surface area contributed by atoms with E-state index in [1.165, 1.54) is 5.19 Å². The van der Waals surface area contributed by atoms with Crippen LogP contribution in [0.1, 0.15) is 0 Å². The van der Waals surface area contributed by atoms with Crippen molar-refractivity contribution >= 4 is 28.8 Å². The monoisotopic (exact) mass is 384 g/mol. The van der Waals surface area contributed by atoms with Gasteiger partial charge in [0.15, 0.2) is 8.07 Å². The molecule has 4 aromatic rings. The molecule has 0 heterocycles. The number of hydrogen-bond acceptors (Lipinski definition) is 3. The lowest BCUT2D eigenvalue weighted by atomic mass is 10.3. The molecule has 0 aliphatic carbocycles. The molecule has 0 saturated heterocycles. The van der Waals surface area contributed by atoms with Crippen LogP contribution in [0.5, 0.6) is 17.2 Å². The Kier molecular flexibility index (Phi) is 4.63. The summed E-state index contributed by atoms with van der Waals surface area (Å²) in [6, 6.07) is 32.3. The molecule has 0 unspecified atom stereocenters. The summed E-state index contributed by atoms with van der Waals surface area (Å²) in [6.07, 6.45) is 0. The second-order valence-electron chi connectivity index (χ2n) is 6.76. The number of rotatable bonds is 4. The molecule has 4 heteroatoms. The van der Waals surface area contributed by atoms with Gasteiger partial charge in [-0.3, -0.25) is 0 Å². The van der Waals surface area contributed by atoms with Gasteiger partial charge in [0.25, 0.3) is 0 Å². The number of aromatic hydroxyl groups is 3. The van der Waals surface area contributed by atoms with Crippen molar-refractivity contribution in [3.63, 3.8) is 0 Å². The molecular formula is C24H20O3Si. The van der Waals surface area contributed by atoms with Crippen LogP contribution in [0.2, 0.25) is 0 Å². The van der Waals surface area contributed by atoms with E-state index in [2.05, 4.69) is 12.1 Å². The fourth-order valence-electron chi connectivity index (χ4n) is 3.82. The van der Waals surface area contributed by atoms with E-state index in [0.717, 1.165) is 15.6 Å². The van der Waals surface area contributed by atoms with Crippen molar-refractivity contribution in [2.75, 3.05) is 0 Å². The standard InChI is InChI=1S/C24H20O3Si/c25-18-6-12-22(13-7-18)28(21-4-2-1-3-5-21,23-14-8-19(26)9-15-23)24-16-10-20(27)11-17-24/h1-17,25-27H. The zero-order chi connectivity index (χ0) is 19.6. The SMILES string of the molecule is Oc1ccc([Si](c2ccccc2)(c2ccc(O)cc2)c2ccc(O)cc2)cc1. The molecule has 0 amide bonds. The lowest BCUT2D eigenvalue weighted by Crippen LogP contribution is -2.74. The van der Waals surface area contributed by atoms with Gasteiger partial charge in [-0.2, -0.15) is 0 Å². The van der Waals surface area contributed by atoms with Crippen LogP contribution in [-0.2, 0) is 0 Å². The average molecular weight is 385 g/mol. The van der Waals surface area contributed by atoms with Crippen LogP contribution in [0.4, 0.5) is 0 Å². The zero-order valence-corrected chi connectivity index (χ0v) is 16.2. The van der Waals surface area contributed by atoms with Crippen molar-refractivity contribution in [2.45, 2.75) is 0 Å². The third kappa shape index (κ3) is 3.04. The van der Waals surface area contributed by atoms with Crippen molar-refractivity contribution in [3.8, 4) is 17.2 Å². The van der Waals surface area contributed by atoms with Crippen LogP contribution in [0.15, 0.2) is 103 Å². The average Bonchev–Trinajstić information content (AvgIpc) is 2.73. The van der Waals surface area contributed by atoms with Crippen LogP contribution in [-0.4, -0.2) is 23.4 Å². The number of phenolic OH excluding ortho intramolecular Hbond substituents is 3. The van der Waals surface area contributed by atoms with Gasteiger partial charge in [0.05, 0.1) is 0 Å². The minimum atomic E-state index is -2.70. The highest BCUT2D eigenvalue weighted by molar-refractivity contribution is 7.19. The third-order valence-corrected chi connectivity index (χ3v) is 9.91. The fourth-order valence-corrected chi connectivity index (χ4v) is 8.51. The van der Waals surface area contributed by atoms with Gasteiger partial charge < -0.3 is 15.3 Å². The van der Waals surface area contributed by atoms with E-state index in [-0.39, 0.29) is 17.2 Å². The van der Waals surface area contributed by atoms with Gasteiger partial charge in [0.1, 0.15) is 17.2 Å². The molecule has 0 atom stereocenters. The highest BCUT2D eigenvalue weighted by Gasteiger charge is 2.41. The molecule has 0 fully saturated rings. The Labute approximate surface area is 164 Å². The van der Waals surface area contributed by atoms with Gasteiger partial charge in [0.2, 0.25) is 0 Å². The topological polar surface area (TPSA) is 60.7 Å². The van der Waals surface area contributed by atoms with E-state index in [1.807, 2.05) is 54.6 Å². The molecule has 0 radical (unpaired) electrons. The normalized spacial score (nSPS) is 11.3. The van der Waals surface area contributed by atoms with Gasteiger partial charge in [-0.05, 0) is 57.1 Å². The molecule has 28 heavy (non-hydrogen) atoms. The fraction of sp³-hybridized carbons (Fsp3) is 0. The molecular weight excluding hydrogens is 364 g/mol. The quantitative estimate of drug-likeness (QED) is 0.373. The van der Waals surface area contributed by atoms with Crippen molar-refractivity contribution in [1.29, 1.82) is 0 Å². The maximum atomic E-state index is 9.86. The van der Waals surface area contributed by atoms with Crippen LogP contribution in [0, 0.1) is 0 Å². The molecule has 3 nitrogen and oxygen atoms in total. The predicted octanol–water partition coefficient (Wildman–Crippen LogP) is 2.18. The molecule has 0 aliphatic heterocycles. The Hall–Kier alpha value is -3.50. The Morgan fingerprint density at radius 3 is 0.964 bits per heavy atom. The summed E-state index contributed by atoms with van der Waals surface area (Å²) in [6.45, 7) is 0. The van der Waals surface area contributed by atoms with E-state index in [9.17, 15) is 15.3 Å². The molecule has 4 rings (SSSR count). The summed E-state index contributed by atoms with van der Waals surface area (Å²) < 4.78 is 0. The lowest BCUT2D eigenvalue weighted by molar-refractivity contribution is 0.475. The first-order chi connectivity index (χ1) is 13.6. The van der Waals surface area contributed by atoms with E-state index < -0.39 is 8.07 Å². The summed E-state index contributed by atoms with van der Waals surface area (Å²) in [5.41, 5.74) is 0. The highest BCUT2D eigenvalue weighted by Crippen LogP contribution is 2.15. The van der Waals surface area contributed by atoms with E-state index in [1.54, 1.807) is 36.4 Å². The summed E-state index contributed by atoms with van der Waals surface area (Å²) in [5, 5.41) is 34.1. The molecule has 0 spiro atoms. The lowest BCUT2D eigenvalue weighted by Gasteiger charge is -2.34. The maximum absolute atomic E-state index is 9.86. The maximum Gasteiger partial charge on any atom is 0.179 e. The molecule has 138 valence electrons. The van der Waals surface area contributed by atoms with Gasteiger partial charge in [-0.1, -0.05) is 66.7 Å². The molecule has 0 aliphatic rings. The van der Waals surface area contributed by atoms with Crippen LogP contribution < -0.4 is 20.7 Å². The number of benzene rings is 4. The van der Waals surface area contributed by atoms with Crippen molar-refractivity contribution in [2.24, 2.45) is 0 Å². The summed E-state index contributed by atoms with van der Waals surface area (Å²) in [7, 11) is -2.70. The Balaban J connectivity index is 2.11. The minimum absolute atomic E-state index is 0.219. The third-order valence-electron chi connectivity index (χ3n) is 5.11. The molecule has 0 aromatic heterocycles. The summed E-state index contributed by atoms with van der Waals surface area (Å²) in [5.74, 6) is 0.656. The van der Waals surface area contributed by atoms with Crippen molar-refractivity contribution < 1.29 is 15.3 Å². The van der Waals surface area contributed by atoms with Gasteiger partial charge >= 0.3 is 0 Å². The minimum Gasteiger partial charge on any atom is -0.508 e. The smallest absolute Gasteiger partial charge is 0.179 e. The molecule has 4 aromatic carbocycles. The first-order valence-corrected chi connectivity index (χ1v) is 11.0. The molecule has 0 saturated carbocycles. The summed E-state index contributed by atoms with van der Waals surface area (Å²) in [4.78, 5) is 0. The van der Waals surface area contributed by atoms with E-state index in [4.69, 9.17) is 0 Å². The van der Waals surface area contributed by atoms with E-state index in [0.29, 0.717) is 0 Å². The second-order valence-corrected chi connectivity index (χ2v) is 10.6.